The van der Waals surface area contributed by atoms with Crippen LogP contribution in [0.15, 0.2) is 0 Å². The third kappa shape index (κ3) is 26.7. The van der Waals surface area contributed by atoms with Crippen LogP contribution < -0.4 is 54.8 Å². The van der Waals surface area contributed by atoms with Crippen LogP contribution in [0.25, 0.3) is 0 Å². The van der Waals surface area contributed by atoms with Crippen LogP contribution in [0, 0.1) is 0 Å². The van der Waals surface area contributed by atoms with Crippen molar-refractivity contribution in [3.63, 3.8) is 0 Å². The van der Waals surface area contributed by atoms with Gasteiger partial charge in [-0.2, -0.15) is 0 Å². The fourth-order valence-electron chi connectivity index (χ4n) is 3.94. The van der Waals surface area contributed by atoms with E-state index < -0.39 is 0 Å². The number of unbranched alkanes of at least 4 members (excludes halogenated alkanes) is 1. The second-order valence-corrected chi connectivity index (χ2v) is 12.6. The van der Waals surface area contributed by atoms with E-state index in [1.807, 2.05) is 0 Å². The van der Waals surface area contributed by atoms with Gasteiger partial charge < -0.3 is 54.8 Å². The lowest BCUT2D eigenvalue weighted by Crippen LogP contribution is -2.45. The smallest absolute Gasteiger partial charge is 0.237 e. The lowest BCUT2D eigenvalue weighted by atomic mass is 10.1. The second kappa shape index (κ2) is 32.2. The van der Waals surface area contributed by atoms with Crippen molar-refractivity contribution >= 4 is 33.4 Å². The summed E-state index contributed by atoms with van der Waals surface area (Å²) in [6.07, 6.45) is 8.17. The highest BCUT2D eigenvalue weighted by Crippen LogP contribution is 2.19. The molecule has 0 aliphatic rings. The molecule has 0 spiro atoms. The Balaban J connectivity index is 4.12. The van der Waals surface area contributed by atoms with E-state index in [4.69, 9.17) is 22.9 Å². The average Bonchev–Trinajstić information content (AvgIpc) is 2.97. The van der Waals surface area contributed by atoms with Crippen molar-refractivity contribution in [1.29, 1.82) is 0 Å². The van der Waals surface area contributed by atoms with Crippen molar-refractivity contribution in [3.8, 4) is 0 Å². The monoisotopic (exact) mass is 622 g/mol. The maximum atomic E-state index is 12.7. The molecule has 0 saturated heterocycles. The number of rotatable bonds is 32. The number of carbonyl (C=O) groups is 2. The molecule has 0 saturated carbocycles. The van der Waals surface area contributed by atoms with Gasteiger partial charge in [0.05, 0.1) is 12.1 Å². The molecule has 0 fully saturated rings. The third-order valence-electron chi connectivity index (χ3n) is 6.29. The number of nitrogens with two attached hydrogens (primary N) is 4. The largest absolute Gasteiger partial charge is 0.354 e. The Morgan fingerprint density at radius 1 is 0.488 bits per heavy atom. The molecule has 2 unspecified atom stereocenters. The van der Waals surface area contributed by atoms with Gasteiger partial charge in [0.1, 0.15) is 0 Å². The predicted molar refractivity (Wildman–Crippen MR) is 178 cm³/mol. The molecule has 14 N–H and O–H groups in total. The molecule has 0 aromatic rings. The highest BCUT2D eigenvalue weighted by molar-refractivity contribution is 8.76. The number of hydrogen-bond acceptors (Lipinski definition) is 12. The van der Waals surface area contributed by atoms with Crippen molar-refractivity contribution in [3.05, 3.63) is 0 Å². The van der Waals surface area contributed by atoms with Gasteiger partial charge >= 0.3 is 0 Å². The van der Waals surface area contributed by atoms with Gasteiger partial charge in [-0.1, -0.05) is 28.0 Å². The van der Waals surface area contributed by atoms with E-state index in [0.29, 0.717) is 39.3 Å². The zero-order chi connectivity index (χ0) is 30.2. The van der Waals surface area contributed by atoms with E-state index in [2.05, 4.69) is 31.9 Å². The van der Waals surface area contributed by atoms with E-state index in [0.717, 1.165) is 109 Å². The summed E-state index contributed by atoms with van der Waals surface area (Å²) in [5.74, 6) is 1.72. The van der Waals surface area contributed by atoms with Crippen molar-refractivity contribution in [2.45, 2.75) is 69.9 Å². The maximum absolute atomic E-state index is 12.7. The molecule has 0 aliphatic heterocycles. The Morgan fingerprint density at radius 2 is 0.878 bits per heavy atom. The number of hydrogen-bond donors (Lipinski definition) is 10. The molecule has 0 aromatic carbocycles. The van der Waals surface area contributed by atoms with Gasteiger partial charge in [-0.3, -0.25) is 9.59 Å². The minimum Gasteiger partial charge on any atom is -0.354 e. The molecular formula is C27H62N10O2S2. The molecule has 0 rings (SSSR count). The topological polar surface area (TPSA) is 210 Å². The summed E-state index contributed by atoms with van der Waals surface area (Å²) < 4.78 is 0. The summed E-state index contributed by atoms with van der Waals surface area (Å²) in [6.45, 7) is 9.00. The second-order valence-electron chi connectivity index (χ2n) is 9.95. The van der Waals surface area contributed by atoms with Crippen LogP contribution in [-0.2, 0) is 9.59 Å². The van der Waals surface area contributed by atoms with Crippen molar-refractivity contribution in [2.75, 3.05) is 90.0 Å². The average molecular weight is 623 g/mol. The molecule has 2 amide bonds. The molecule has 12 nitrogen and oxygen atoms in total. The lowest BCUT2D eigenvalue weighted by Gasteiger charge is -2.19. The van der Waals surface area contributed by atoms with Gasteiger partial charge in [0.2, 0.25) is 11.8 Å². The van der Waals surface area contributed by atoms with E-state index in [1.54, 1.807) is 21.6 Å². The normalized spacial score (nSPS) is 12.8. The van der Waals surface area contributed by atoms with Crippen molar-refractivity contribution in [2.24, 2.45) is 22.9 Å². The van der Waals surface area contributed by atoms with E-state index >= 15 is 0 Å². The predicted octanol–water partition coefficient (Wildman–Crippen LogP) is -0.958. The van der Waals surface area contributed by atoms with Crippen LogP contribution in [0.4, 0.5) is 0 Å². The maximum Gasteiger partial charge on any atom is 0.237 e. The SMILES string of the molecule is NCCCNCCCCC(NCCCN)C(=O)NCCSSCCNC(=O)C(CCCNCCCN)NCCCN. The van der Waals surface area contributed by atoms with Gasteiger partial charge in [-0.25, -0.2) is 0 Å². The Bertz CT molecular complexity index is 596. The Hall–Kier alpha value is -0.680. The number of amides is 2. The van der Waals surface area contributed by atoms with Crippen LogP contribution in [0.3, 0.4) is 0 Å². The summed E-state index contributed by atoms with van der Waals surface area (Å²) in [7, 11) is 3.42. The molecule has 244 valence electrons. The summed E-state index contributed by atoms with van der Waals surface area (Å²) >= 11 is 0. The van der Waals surface area contributed by atoms with Crippen LogP contribution in [0.5, 0.6) is 0 Å². The molecule has 0 heterocycles. The zero-order valence-corrected chi connectivity index (χ0v) is 27.0. The minimum atomic E-state index is -0.204. The van der Waals surface area contributed by atoms with Crippen LogP contribution in [0.1, 0.15) is 57.8 Å². The zero-order valence-electron chi connectivity index (χ0n) is 25.4. The Labute approximate surface area is 257 Å². The van der Waals surface area contributed by atoms with Crippen molar-refractivity contribution in [1.82, 2.24) is 31.9 Å². The van der Waals surface area contributed by atoms with Gasteiger partial charge in [0, 0.05) is 24.6 Å². The Kier molecular flexibility index (Phi) is 31.7. The van der Waals surface area contributed by atoms with E-state index in [1.165, 1.54) is 0 Å². The van der Waals surface area contributed by atoms with Crippen LogP contribution in [0.2, 0.25) is 0 Å². The summed E-state index contributed by atoms with van der Waals surface area (Å²) in [5.41, 5.74) is 22.3. The van der Waals surface area contributed by atoms with Gasteiger partial charge in [-0.05, 0) is 117 Å². The molecule has 0 aromatic heterocycles. The Morgan fingerprint density at radius 3 is 1.34 bits per heavy atom. The molecule has 0 radical (unpaired) electrons. The first kappa shape index (κ1) is 40.3. The van der Waals surface area contributed by atoms with E-state index in [-0.39, 0.29) is 23.9 Å². The molecular weight excluding hydrogens is 560 g/mol. The summed E-state index contributed by atoms with van der Waals surface area (Å²) in [5, 5.41) is 19.6. The number of carbonyl (C=O) groups excluding carboxylic acids is 2. The van der Waals surface area contributed by atoms with Crippen LogP contribution in [-0.4, -0.2) is 114 Å². The van der Waals surface area contributed by atoms with Gasteiger partial charge in [-0.15, -0.1) is 0 Å². The third-order valence-corrected chi connectivity index (χ3v) is 8.70. The van der Waals surface area contributed by atoms with Crippen LogP contribution >= 0.6 is 21.6 Å². The molecule has 41 heavy (non-hydrogen) atoms. The quantitative estimate of drug-likeness (QED) is 0.0325. The summed E-state index contributed by atoms with van der Waals surface area (Å²) in [4.78, 5) is 25.4. The van der Waals surface area contributed by atoms with Gasteiger partial charge in [0.25, 0.3) is 0 Å². The first-order chi connectivity index (χ1) is 20.1. The highest BCUT2D eigenvalue weighted by Gasteiger charge is 2.18. The minimum absolute atomic E-state index is 0.0429. The van der Waals surface area contributed by atoms with Crippen molar-refractivity contribution < 1.29 is 9.59 Å². The summed E-state index contributed by atoms with van der Waals surface area (Å²) in [6, 6.07) is -0.392. The standard InChI is InChI=1S/C27H62N10O2S2/c28-10-4-16-32-14-2-1-8-24(34-18-6-12-30)26(38)36-20-22-40-41-23-21-37-27(39)25(35-19-7-13-31)9-3-15-33-17-5-11-29/h24-25,32-35H,1-23,28-31H2,(H,36,38)(H,37,39). The fraction of sp³-hybridized carbons (Fsp3) is 0.926. The lowest BCUT2D eigenvalue weighted by molar-refractivity contribution is -0.124. The first-order valence-corrected chi connectivity index (χ1v) is 18.1. The molecule has 14 heteroatoms. The fourth-order valence-corrected chi connectivity index (χ4v) is 5.75. The van der Waals surface area contributed by atoms with Gasteiger partial charge in [0.15, 0.2) is 0 Å². The first-order valence-electron chi connectivity index (χ1n) is 15.6. The number of nitrogens with one attached hydrogen (secondary N) is 6. The molecule has 2 atom stereocenters. The molecule has 0 aliphatic carbocycles. The highest BCUT2D eigenvalue weighted by atomic mass is 33.1. The molecule has 0 bridgehead atoms. The van der Waals surface area contributed by atoms with E-state index in [9.17, 15) is 9.59 Å².